The molecule has 0 atom stereocenters. The summed E-state index contributed by atoms with van der Waals surface area (Å²) in [4.78, 5) is 29.8. The Morgan fingerprint density at radius 3 is 2.82 bits per heavy atom. The fraction of sp³-hybridized carbons (Fsp3) is 0.500. The Labute approximate surface area is 96.9 Å². The molecule has 2 heterocycles. The molecule has 0 spiro atoms. The topological polar surface area (TPSA) is 98.7 Å². The monoisotopic (exact) mass is 237 g/mol. The maximum absolute atomic E-state index is 11.7. The lowest BCUT2D eigenvalue weighted by Crippen LogP contribution is -2.31. The molecule has 0 aliphatic rings. The highest BCUT2D eigenvalue weighted by Crippen LogP contribution is 2.05. The van der Waals surface area contributed by atoms with Crippen LogP contribution in [0.25, 0.3) is 11.2 Å². The van der Waals surface area contributed by atoms with E-state index in [4.69, 9.17) is 5.73 Å². The van der Waals surface area contributed by atoms with Crippen LogP contribution in [-0.4, -0.2) is 25.6 Å². The normalized spacial score (nSPS) is 11.2. The number of nitrogens with one attached hydrogen (secondary N) is 1. The molecule has 0 aromatic carbocycles. The fourth-order valence-electron chi connectivity index (χ4n) is 1.86. The molecule has 2 rings (SSSR count). The highest BCUT2D eigenvalue weighted by atomic mass is 16.2. The van der Waals surface area contributed by atoms with Crippen molar-refractivity contribution >= 4 is 11.2 Å². The minimum absolute atomic E-state index is 0.406. The molecule has 0 aliphatic heterocycles. The molecule has 0 saturated carbocycles. The zero-order valence-electron chi connectivity index (χ0n) is 9.64. The van der Waals surface area contributed by atoms with E-state index in [2.05, 4.69) is 9.97 Å². The van der Waals surface area contributed by atoms with Crippen LogP contribution in [0.1, 0.15) is 13.3 Å². The van der Waals surface area contributed by atoms with Crippen molar-refractivity contribution in [3.63, 3.8) is 0 Å². The van der Waals surface area contributed by atoms with Crippen LogP contribution in [0.2, 0.25) is 0 Å². The Hall–Kier alpha value is -1.89. The fourth-order valence-corrected chi connectivity index (χ4v) is 1.86. The molecule has 17 heavy (non-hydrogen) atoms. The summed E-state index contributed by atoms with van der Waals surface area (Å²) < 4.78 is 3.14. The van der Waals surface area contributed by atoms with E-state index in [1.165, 1.54) is 4.57 Å². The van der Waals surface area contributed by atoms with Gasteiger partial charge in [-0.25, -0.2) is 9.78 Å². The SMILES string of the molecule is CCCn1c(=O)[nH]c(=O)c2c1ncn2CCN. The second kappa shape index (κ2) is 4.54. The van der Waals surface area contributed by atoms with Crippen molar-refractivity contribution in [2.45, 2.75) is 26.4 Å². The first-order valence-corrected chi connectivity index (χ1v) is 5.57. The number of aromatic nitrogens is 4. The van der Waals surface area contributed by atoms with Gasteiger partial charge in [-0.1, -0.05) is 6.92 Å². The number of nitrogens with two attached hydrogens (primary N) is 1. The molecular weight excluding hydrogens is 222 g/mol. The van der Waals surface area contributed by atoms with Crippen LogP contribution in [0.15, 0.2) is 15.9 Å². The standard InChI is InChI=1S/C10H15N5O2/c1-2-4-15-8-7(9(16)13-10(15)17)14(5-3-11)6-12-8/h6H,2-5,11H2,1H3,(H,13,16,17). The van der Waals surface area contributed by atoms with Crippen LogP contribution >= 0.6 is 0 Å². The van der Waals surface area contributed by atoms with Crippen LogP contribution in [0, 0.1) is 0 Å². The average molecular weight is 237 g/mol. The Kier molecular flexibility index (Phi) is 3.10. The Bertz CT molecular complexity index is 636. The molecule has 0 unspecified atom stereocenters. The van der Waals surface area contributed by atoms with Gasteiger partial charge in [0.25, 0.3) is 5.56 Å². The molecule has 0 aliphatic carbocycles. The number of nitrogens with zero attached hydrogens (tertiary/aromatic N) is 3. The second-order valence-corrected chi connectivity index (χ2v) is 3.81. The minimum Gasteiger partial charge on any atom is -0.329 e. The summed E-state index contributed by atoms with van der Waals surface area (Å²) in [6.45, 7) is 3.41. The molecule has 0 saturated heterocycles. The van der Waals surface area contributed by atoms with Crippen molar-refractivity contribution in [3.05, 3.63) is 27.2 Å². The van der Waals surface area contributed by atoms with Gasteiger partial charge in [-0.3, -0.25) is 14.3 Å². The van der Waals surface area contributed by atoms with Gasteiger partial charge in [0.1, 0.15) is 0 Å². The van der Waals surface area contributed by atoms with Crippen LogP contribution in [0.4, 0.5) is 0 Å². The van der Waals surface area contributed by atoms with Gasteiger partial charge >= 0.3 is 5.69 Å². The summed E-state index contributed by atoms with van der Waals surface area (Å²) in [5.41, 5.74) is 5.46. The van der Waals surface area contributed by atoms with Crippen molar-refractivity contribution < 1.29 is 0 Å². The molecule has 92 valence electrons. The van der Waals surface area contributed by atoms with Crippen molar-refractivity contribution in [1.29, 1.82) is 0 Å². The van der Waals surface area contributed by atoms with Gasteiger partial charge in [0, 0.05) is 19.6 Å². The van der Waals surface area contributed by atoms with E-state index in [9.17, 15) is 9.59 Å². The number of aryl methyl sites for hydroxylation is 1. The van der Waals surface area contributed by atoms with Crippen molar-refractivity contribution in [2.75, 3.05) is 6.54 Å². The first-order chi connectivity index (χ1) is 8.19. The van der Waals surface area contributed by atoms with Gasteiger partial charge in [0.15, 0.2) is 11.2 Å². The Morgan fingerprint density at radius 1 is 1.41 bits per heavy atom. The smallest absolute Gasteiger partial charge is 0.329 e. The number of fused-ring (bicyclic) bond motifs is 1. The number of hydrogen-bond donors (Lipinski definition) is 2. The van der Waals surface area contributed by atoms with Gasteiger partial charge in [0.2, 0.25) is 0 Å². The summed E-state index contributed by atoms with van der Waals surface area (Å²) in [7, 11) is 0. The van der Waals surface area contributed by atoms with Crippen molar-refractivity contribution in [1.82, 2.24) is 19.1 Å². The lowest BCUT2D eigenvalue weighted by Gasteiger charge is -2.05. The first kappa shape index (κ1) is 11.6. The van der Waals surface area contributed by atoms with E-state index in [1.807, 2.05) is 6.92 Å². The summed E-state index contributed by atoms with van der Waals surface area (Å²) in [5.74, 6) is 0. The number of hydrogen-bond acceptors (Lipinski definition) is 4. The minimum atomic E-state index is -0.414. The van der Waals surface area contributed by atoms with Gasteiger partial charge in [-0.2, -0.15) is 0 Å². The van der Waals surface area contributed by atoms with Gasteiger partial charge in [0.05, 0.1) is 6.33 Å². The van der Waals surface area contributed by atoms with E-state index in [1.54, 1.807) is 10.9 Å². The molecule has 2 aromatic rings. The van der Waals surface area contributed by atoms with E-state index in [0.29, 0.717) is 30.8 Å². The van der Waals surface area contributed by atoms with Crippen LogP contribution in [0.3, 0.4) is 0 Å². The van der Waals surface area contributed by atoms with Crippen LogP contribution in [0.5, 0.6) is 0 Å². The molecule has 2 aromatic heterocycles. The first-order valence-electron chi connectivity index (χ1n) is 5.57. The molecule has 3 N–H and O–H groups in total. The predicted molar refractivity (Wildman–Crippen MR) is 64.0 cm³/mol. The highest BCUT2D eigenvalue weighted by molar-refractivity contribution is 5.69. The zero-order chi connectivity index (χ0) is 12.4. The molecule has 0 amide bonds. The van der Waals surface area contributed by atoms with Crippen LogP contribution < -0.4 is 17.0 Å². The average Bonchev–Trinajstić information content (AvgIpc) is 2.69. The third-order valence-electron chi connectivity index (χ3n) is 2.57. The number of H-pyrrole nitrogens is 1. The van der Waals surface area contributed by atoms with E-state index in [0.717, 1.165) is 6.42 Å². The largest absolute Gasteiger partial charge is 0.330 e. The Morgan fingerprint density at radius 2 is 2.18 bits per heavy atom. The highest BCUT2D eigenvalue weighted by Gasteiger charge is 2.12. The van der Waals surface area contributed by atoms with Crippen molar-refractivity contribution in [2.24, 2.45) is 5.73 Å². The third-order valence-corrected chi connectivity index (χ3v) is 2.57. The van der Waals surface area contributed by atoms with Crippen molar-refractivity contribution in [3.8, 4) is 0 Å². The lowest BCUT2D eigenvalue weighted by atomic mass is 10.4. The van der Waals surface area contributed by atoms with E-state index < -0.39 is 11.2 Å². The molecule has 0 radical (unpaired) electrons. The maximum atomic E-state index is 11.7. The molecule has 7 heteroatoms. The molecular formula is C10H15N5O2. The molecule has 0 fully saturated rings. The number of imidazole rings is 1. The number of aromatic amines is 1. The maximum Gasteiger partial charge on any atom is 0.330 e. The lowest BCUT2D eigenvalue weighted by molar-refractivity contribution is 0.651. The van der Waals surface area contributed by atoms with Gasteiger partial charge in [-0.05, 0) is 6.42 Å². The van der Waals surface area contributed by atoms with Gasteiger partial charge in [-0.15, -0.1) is 0 Å². The molecule has 7 nitrogen and oxygen atoms in total. The third kappa shape index (κ3) is 1.89. The van der Waals surface area contributed by atoms with E-state index >= 15 is 0 Å². The van der Waals surface area contributed by atoms with Gasteiger partial charge < -0.3 is 10.3 Å². The Balaban J connectivity index is 2.76. The quantitative estimate of drug-likeness (QED) is 0.731. The second-order valence-electron chi connectivity index (χ2n) is 3.81. The predicted octanol–water partition coefficient (Wildman–Crippen LogP) is -0.745. The zero-order valence-corrected chi connectivity index (χ0v) is 9.64. The number of rotatable bonds is 4. The summed E-state index contributed by atoms with van der Waals surface area (Å²) in [6.07, 6.45) is 2.34. The summed E-state index contributed by atoms with van der Waals surface area (Å²) in [5, 5.41) is 0. The van der Waals surface area contributed by atoms with Crippen LogP contribution in [-0.2, 0) is 13.1 Å². The summed E-state index contributed by atoms with van der Waals surface area (Å²) >= 11 is 0. The summed E-state index contributed by atoms with van der Waals surface area (Å²) in [6, 6.07) is 0. The van der Waals surface area contributed by atoms with E-state index in [-0.39, 0.29) is 0 Å². The molecule has 0 bridgehead atoms.